The van der Waals surface area contributed by atoms with Gasteiger partial charge in [0.15, 0.2) is 0 Å². The smallest absolute Gasteiger partial charge is 0.353 e. The van der Waals surface area contributed by atoms with Crippen molar-refractivity contribution in [1.82, 2.24) is 10.2 Å². The molecule has 6 heteroatoms. The highest BCUT2D eigenvalue weighted by Crippen LogP contribution is 2.38. The monoisotopic (exact) mass is 354 g/mol. The molecule has 1 saturated carbocycles. The second-order valence-corrected chi connectivity index (χ2v) is 7.28. The zero-order chi connectivity index (χ0) is 17.9. The van der Waals surface area contributed by atoms with E-state index in [1.165, 1.54) is 0 Å². The first-order valence-corrected chi connectivity index (χ1v) is 9.07. The lowest BCUT2D eigenvalue weighted by atomic mass is 9.92. The number of carbonyl (C=O) groups is 1. The molecule has 25 heavy (non-hydrogen) atoms. The van der Waals surface area contributed by atoms with Crippen molar-refractivity contribution in [3.05, 3.63) is 35.9 Å². The van der Waals surface area contributed by atoms with E-state index in [9.17, 15) is 18.0 Å². The van der Waals surface area contributed by atoms with Crippen LogP contribution in [0.1, 0.15) is 37.7 Å². The van der Waals surface area contributed by atoms with Crippen LogP contribution in [-0.2, 0) is 11.3 Å². The summed E-state index contributed by atoms with van der Waals surface area (Å²) in [7, 11) is 0. The van der Waals surface area contributed by atoms with Gasteiger partial charge in [0.25, 0.3) is 0 Å². The van der Waals surface area contributed by atoms with Gasteiger partial charge in [-0.25, -0.2) is 0 Å². The molecule has 0 spiro atoms. The van der Waals surface area contributed by atoms with Gasteiger partial charge in [0, 0.05) is 25.7 Å². The molecule has 1 aliphatic heterocycles. The van der Waals surface area contributed by atoms with Crippen molar-refractivity contribution in [2.45, 2.75) is 50.9 Å². The maximum atomic E-state index is 13.5. The van der Waals surface area contributed by atoms with Gasteiger partial charge in [0.1, 0.15) is 0 Å². The number of halogens is 3. The summed E-state index contributed by atoms with van der Waals surface area (Å²) in [4.78, 5) is 14.3. The van der Waals surface area contributed by atoms with Crippen molar-refractivity contribution in [2.24, 2.45) is 11.8 Å². The minimum atomic E-state index is -4.35. The van der Waals surface area contributed by atoms with Gasteiger partial charge in [0.05, 0.1) is 11.8 Å². The van der Waals surface area contributed by atoms with Crippen molar-refractivity contribution in [3.8, 4) is 0 Å². The molecule has 2 fully saturated rings. The van der Waals surface area contributed by atoms with E-state index in [1.807, 2.05) is 30.3 Å². The third-order valence-corrected chi connectivity index (χ3v) is 5.35. The largest absolute Gasteiger partial charge is 0.393 e. The van der Waals surface area contributed by atoms with Crippen molar-refractivity contribution in [3.63, 3.8) is 0 Å². The van der Waals surface area contributed by atoms with Gasteiger partial charge < -0.3 is 5.32 Å². The summed E-state index contributed by atoms with van der Waals surface area (Å²) < 4.78 is 40.4. The second-order valence-electron chi connectivity index (χ2n) is 7.28. The molecule has 2 aliphatic rings. The number of nitrogens with one attached hydrogen (secondary N) is 1. The fourth-order valence-electron chi connectivity index (χ4n) is 4.01. The Kier molecular flexibility index (Phi) is 5.67. The van der Waals surface area contributed by atoms with Crippen LogP contribution >= 0.6 is 0 Å². The number of amides is 1. The first-order valence-electron chi connectivity index (χ1n) is 9.07. The molecule has 1 aromatic carbocycles. The van der Waals surface area contributed by atoms with Crippen LogP contribution < -0.4 is 5.32 Å². The van der Waals surface area contributed by atoms with Gasteiger partial charge in [-0.05, 0) is 18.4 Å². The van der Waals surface area contributed by atoms with E-state index >= 15 is 0 Å². The molecule has 1 N–H and O–H groups in total. The molecular formula is C19H25F3N2O. The second kappa shape index (κ2) is 7.77. The van der Waals surface area contributed by atoms with Crippen molar-refractivity contribution >= 4 is 5.91 Å². The fraction of sp³-hybridized carbons (Fsp3) is 0.632. The lowest BCUT2D eigenvalue weighted by Gasteiger charge is -2.26. The SMILES string of the molecule is O=C(NC1CCCCC1)[C@@H]1CN(Cc2ccccc2)C[C@@H]1C(F)(F)F. The molecule has 1 amide bonds. The third-order valence-electron chi connectivity index (χ3n) is 5.35. The lowest BCUT2D eigenvalue weighted by molar-refractivity contribution is -0.183. The van der Waals surface area contributed by atoms with Crippen LogP contribution in [0, 0.1) is 11.8 Å². The summed E-state index contributed by atoms with van der Waals surface area (Å²) in [6.45, 7) is 0.499. The van der Waals surface area contributed by atoms with Crippen LogP contribution in [0.5, 0.6) is 0 Å². The lowest BCUT2D eigenvalue weighted by Crippen LogP contribution is -2.44. The average Bonchev–Trinajstić information content (AvgIpc) is 3.01. The quantitative estimate of drug-likeness (QED) is 0.893. The molecule has 0 bridgehead atoms. The summed E-state index contributed by atoms with van der Waals surface area (Å²) in [5, 5.41) is 2.88. The molecular weight excluding hydrogens is 329 g/mol. The molecule has 0 unspecified atom stereocenters. The molecule has 3 nitrogen and oxygen atoms in total. The van der Waals surface area contributed by atoms with E-state index < -0.39 is 23.9 Å². The minimum absolute atomic E-state index is 0.0401. The summed E-state index contributed by atoms with van der Waals surface area (Å²) in [5.74, 6) is -3.02. The number of rotatable bonds is 4. The first-order chi connectivity index (χ1) is 11.9. The number of likely N-dealkylation sites (tertiary alicyclic amines) is 1. The van der Waals surface area contributed by atoms with Crippen LogP contribution in [0.4, 0.5) is 13.2 Å². The minimum Gasteiger partial charge on any atom is -0.353 e. The Labute approximate surface area is 146 Å². The Morgan fingerprint density at radius 2 is 1.76 bits per heavy atom. The predicted octanol–water partition coefficient (Wildman–Crippen LogP) is 3.75. The molecule has 1 aliphatic carbocycles. The van der Waals surface area contributed by atoms with E-state index in [4.69, 9.17) is 0 Å². The average molecular weight is 354 g/mol. The molecule has 1 heterocycles. The topological polar surface area (TPSA) is 32.3 Å². The van der Waals surface area contributed by atoms with Gasteiger partial charge in [-0.15, -0.1) is 0 Å². The van der Waals surface area contributed by atoms with Gasteiger partial charge in [0.2, 0.25) is 5.91 Å². The maximum Gasteiger partial charge on any atom is 0.393 e. The zero-order valence-electron chi connectivity index (χ0n) is 14.3. The van der Waals surface area contributed by atoms with Crippen molar-refractivity contribution in [2.75, 3.05) is 13.1 Å². The van der Waals surface area contributed by atoms with Crippen LogP contribution in [-0.4, -0.2) is 36.1 Å². The Balaban J connectivity index is 1.66. The summed E-state index contributed by atoms with van der Waals surface area (Å²) >= 11 is 0. The summed E-state index contributed by atoms with van der Waals surface area (Å²) in [6, 6.07) is 9.47. The number of nitrogens with zero attached hydrogens (tertiary/aromatic N) is 1. The van der Waals surface area contributed by atoms with Gasteiger partial charge in [-0.1, -0.05) is 49.6 Å². The Hall–Kier alpha value is -1.56. The van der Waals surface area contributed by atoms with Gasteiger partial charge in [-0.2, -0.15) is 13.2 Å². The van der Waals surface area contributed by atoms with Crippen LogP contribution in [0.15, 0.2) is 30.3 Å². The predicted molar refractivity (Wildman–Crippen MR) is 89.8 cm³/mol. The van der Waals surface area contributed by atoms with Crippen LogP contribution in [0.25, 0.3) is 0 Å². The molecule has 138 valence electrons. The highest BCUT2D eigenvalue weighted by molar-refractivity contribution is 5.80. The van der Waals surface area contributed by atoms with Crippen molar-refractivity contribution in [1.29, 1.82) is 0 Å². The maximum absolute atomic E-state index is 13.5. The van der Waals surface area contributed by atoms with E-state index in [-0.39, 0.29) is 19.1 Å². The summed E-state index contributed by atoms with van der Waals surface area (Å²) in [6.07, 6.45) is 0.633. The number of hydrogen-bond donors (Lipinski definition) is 1. The highest BCUT2D eigenvalue weighted by Gasteiger charge is 2.52. The van der Waals surface area contributed by atoms with E-state index in [1.54, 1.807) is 4.90 Å². The Morgan fingerprint density at radius 3 is 2.40 bits per heavy atom. The molecule has 1 saturated heterocycles. The van der Waals surface area contributed by atoms with E-state index in [2.05, 4.69) is 5.32 Å². The number of alkyl halides is 3. The normalized spacial score (nSPS) is 25.9. The van der Waals surface area contributed by atoms with E-state index in [0.29, 0.717) is 6.54 Å². The molecule has 2 atom stereocenters. The fourth-order valence-corrected chi connectivity index (χ4v) is 4.01. The van der Waals surface area contributed by atoms with Crippen molar-refractivity contribution < 1.29 is 18.0 Å². The zero-order valence-corrected chi connectivity index (χ0v) is 14.3. The number of benzene rings is 1. The molecule has 3 rings (SSSR count). The highest BCUT2D eigenvalue weighted by atomic mass is 19.4. The van der Waals surface area contributed by atoms with E-state index in [0.717, 1.165) is 37.7 Å². The van der Waals surface area contributed by atoms with Gasteiger partial charge >= 0.3 is 6.18 Å². The first kappa shape index (κ1) is 18.2. The molecule has 1 aromatic rings. The third kappa shape index (κ3) is 4.75. The number of hydrogen-bond acceptors (Lipinski definition) is 2. The van der Waals surface area contributed by atoms with Crippen LogP contribution in [0.2, 0.25) is 0 Å². The van der Waals surface area contributed by atoms with Crippen LogP contribution in [0.3, 0.4) is 0 Å². The number of carbonyl (C=O) groups excluding carboxylic acids is 1. The standard InChI is InChI=1S/C19H25F3N2O/c20-19(21,22)17-13-24(11-14-7-3-1-4-8-14)12-16(17)18(25)23-15-9-5-2-6-10-15/h1,3-4,7-8,15-17H,2,5-6,9-13H2,(H,23,25)/t16-,17+/m1/s1. The molecule has 0 radical (unpaired) electrons. The molecule has 0 aromatic heterocycles. The Bertz CT molecular complexity index is 570. The Morgan fingerprint density at radius 1 is 1.08 bits per heavy atom. The summed E-state index contributed by atoms with van der Waals surface area (Å²) in [5.41, 5.74) is 0.969. The van der Waals surface area contributed by atoms with Gasteiger partial charge in [-0.3, -0.25) is 9.69 Å².